The minimum Gasteiger partial charge on any atom is -0.349 e. The molecule has 1 fully saturated rings. The van der Waals surface area contributed by atoms with Crippen LogP contribution in [-0.2, 0) is 13.0 Å². The molecule has 0 radical (unpaired) electrons. The van der Waals surface area contributed by atoms with E-state index < -0.39 is 0 Å². The number of fused-ring (bicyclic) bond motifs is 1. The van der Waals surface area contributed by atoms with Crippen LogP contribution < -0.4 is 5.32 Å². The summed E-state index contributed by atoms with van der Waals surface area (Å²) in [7, 11) is 0. The fourth-order valence-electron chi connectivity index (χ4n) is 4.08. The van der Waals surface area contributed by atoms with Gasteiger partial charge >= 0.3 is 0 Å². The molecule has 2 aromatic heterocycles. The Hall–Kier alpha value is -2.31. The van der Waals surface area contributed by atoms with Gasteiger partial charge in [0.05, 0.1) is 4.88 Å². The largest absolute Gasteiger partial charge is 0.349 e. The van der Waals surface area contributed by atoms with E-state index in [-0.39, 0.29) is 11.9 Å². The maximum absolute atomic E-state index is 12.9. The SMILES string of the molecule is CCc1ncc(CN2CC[C@@H](c3c(C(=O)NC(C)C)sc4ccccc34)C2)cn1. The minimum absolute atomic E-state index is 0.0539. The molecule has 3 heterocycles. The quantitative estimate of drug-likeness (QED) is 0.658. The maximum atomic E-state index is 12.9. The lowest BCUT2D eigenvalue weighted by Crippen LogP contribution is -2.30. The van der Waals surface area contributed by atoms with Gasteiger partial charge in [-0.05, 0) is 43.8 Å². The molecule has 1 N–H and O–H groups in total. The van der Waals surface area contributed by atoms with Crippen LogP contribution in [0.5, 0.6) is 0 Å². The van der Waals surface area contributed by atoms with Crippen molar-refractivity contribution in [2.75, 3.05) is 13.1 Å². The van der Waals surface area contributed by atoms with E-state index in [4.69, 9.17) is 0 Å². The number of likely N-dealkylation sites (tertiary alicyclic amines) is 1. The van der Waals surface area contributed by atoms with Gasteiger partial charge in [0.15, 0.2) is 0 Å². The van der Waals surface area contributed by atoms with Gasteiger partial charge in [-0.15, -0.1) is 11.3 Å². The molecule has 6 heteroatoms. The molecule has 0 aliphatic carbocycles. The highest BCUT2D eigenvalue weighted by Crippen LogP contribution is 2.40. The molecule has 0 unspecified atom stereocenters. The fourth-order valence-corrected chi connectivity index (χ4v) is 5.28. The Morgan fingerprint density at radius 2 is 2.03 bits per heavy atom. The lowest BCUT2D eigenvalue weighted by molar-refractivity contribution is 0.0946. The highest BCUT2D eigenvalue weighted by Gasteiger charge is 2.30. The van der Waals surface area contributed by atoms with Gasteiger partial charge in [0.1, 0.15) is 5.82 Å². The molecule has 0 saturated carbocycles. The van der Waals surface area contributed by atoms with Gasteiger partial charge in [-0.3, -0.25) is 9.69 Å². The molecule has 1 aromatic carbocycles. The summed E-state index contributed by atoms with van der Waals surface area (Å²) in [5, 5.41) is 4.32. The van der Waals surface area contributed by atoms with Gasteiger partial charge in [0.2, 0.25) is 0 Å². The van der Waals surface area contributed by atoms with E-state index in [0.29, 0.717) is 5.92 Å². The number of carbonyl (C=O) groups excluding carboxylic acids is 1. The monoisotopic (exact) mass is 408 g/mol. The Labute approximate surface area is 176 Å². The van der Waals surface area contributed by atoms with Crippen molar-refractivity contribution in [3.63, 3.8) is 0 Å². The number of nitrogens with zero attached hydrogens (tertiary/aromatic N) is 3. The lowest BCUT2D eigenvalue weighted by atomic mass is 9.95. The smallest absolute Gasteiger partial charge is 0.261 e. The number of benzene rings is 1. The average molecular weight is 409 g/mol. The van der Waals surface area contributed by atoms with Gasteiger partial charge < -0.3 is 5.32 Å². The first-order valence-corrected chi connectivity index (χ1v) is 11.2. The van der Waals surface area contributed by atoms with E-state index in [2.05, 4.69) is 45.3 Å². The van der Waals surface area contributed by atoms with E-state index in [0.717, 1.165) is 48.7 Å². The molecule has 1 saturated heterocycles. The van der Waals surface area contributed by atoms with Crippen molar-refractivity contribution in [2.24, 2.45) is 0 Å². The van der Waals surface area contributed by atoms with Crippen molar-refractivity contribution in [3.8, 4) is 0 Å². The minimum atomic E-state index is 0.0539. The molecule has 1 aliphatic rings. The maximum Gasteiger partial charge on any atom is 0.261 e. The second kappa shape index (κ2) is 8.59. The van der Waals surface area contributed by atoms with Crippen LogP contribution in [0.25, 0.3) is 10.1 Å². The Balaban J connectivity index is 1.57. The van der Waals surface area contributed by atoms with Crippen molar-refractivity contribution < 1.29 is 4.79 Å². The third-order valence-electron chi connectivity index (χ3n) is 5.42. The van der Waals surface area contributed by atoms with Crippen molar-refractivity contribution in [1.29, 1.82) is 0 Å². The molecule has 1 aliphatic heterocycles. The number of carbonyl (C=O) groups is 1. The van der Waals surface area contributed by atoms with E-state index in [1.807, 2.05) is 32.3 Å². The van der Waals surface area contributed by atoms with Crippen LogP contribution in [0.2, 0.25) is 0 Å². The third kappa shape index (κ3) is 4.33. The number of hydrogen-bond acceptors (Lipinski definition) is 5. The molecule has 1 amide bonds. The topological polar surface area (TPSA) is 58.1 Å². The van der Waals surface area contributed by atoms with Gasteiger partial charge in [-0.1, -0.05) is 25.1 Å². The summed E-state index contributed by atoms with van der Waals surface area (Å²) in [5.41, 5.74) is 2.37. The van der Waals surface area contributed by atoms with Crippen LogP contribution in [-0.4, -0.2) is 39.9 Å². The predicted octanol–water partition coefficient (Wildman–Crippen LogP) is 4.38. The first-order chi connectivity index (χ1) is 14.0. The molecule has 29 heavy (non-hydrogen) atoms. The van der Waals surface area contributed by atoms with Crippen LogP contribution >= 0.6 is 11.3 Å². The van der Waals surface area contributed by atoms with Gasteiger partial charge in [-0.25, -0.2) is 9.97 Å². The molecule has 3 aromatic rings. The number of nitrogens with one attached hydrogen (secondary N) is 1. The molecule has 4 rings (SSSR count). The summed E-state index contributed by atoms with van der Waals surface area (Å²) in [6.07, 6.45) is 5.82. The summed E-state index contributed by atoms with van der Waals surface area (Å²) < 4.78 is 1.19. The van der Waals surface area contributed by atoms with Crippen LogP contribution in [0.15, 0.2) is 36.7 Å². The predicted molar refractivity (Wildman–Crippen MR) is 118 cm³/mol. The van der Waals surface area contributed by atoms with Gasteiger partial charge in [0.25, 0.3) is 5.91 Å². The van der Waals surface area contributed by atoms with Crippen LogP contribution in [0.4, 0.5) is 0 Å². The van der Waals surface area contributed by atoms with E-state index in [1.165, 1.54) is 15.6 Å². The Morgan fingerprint density at radius 1 is 1.28 bits per heavy atom. The molecule has 1 atom stereocenters. The average Bonchev–Trinajstić information content (AvgIpc) is 3.32. The highest BCUT2D eigenvalue weighted by molar-refractivity contribution is 7.21. The standard InChI is InChI=1S/C23H28N4OS/c1-4-20-24-11-16(12-25-20)13-27-10-9-17(14-27)21-18-7-5-6-8-19(18)29-22(21)23(28)26-15(2)3/h5-8,11-12,15,17H,4,9-10,13-14H2,1-3H3,(H,26,28)/t17-/m1/s1. The summed E-state index contributed by atoms with van der Waals surface area (Å²) in [4.78, 5) is 25.1. The van der Waals surface area contributed by atoms with Crippen LogP contribution in [0.3, 0.4) is 0 Å². The van der Waals surface area contributed by atoms with Crippen molar-refractivity contribution in [2.45, 2.75) is 52.1 Å². The molecule has 152 valence electrons. The molecule has 5 nitrogen and oxygen atoms in total. The molecular formula is C23H28N4OS. The first kappa shape index (κ1) is 20.0. The van der Waals surface area contributed by atoms with Crippen LogP contribution in [0, 0.1) is 0 Å². The zero-order chi connectivity index (χ0) is 20.4. The summed E-state index contributed by atoms with van der Waals surface area (Å²) in [6, 6.07) is 8.53. The second-order valence-electron chi connectivity index (χ2n) is 8.05. The summed E-state index contributed by atoms with van der Waals surface area (Å²) in [5.74, 6) is 1.31. The zero-order valence-corrected chi connectivity index (χ0v) is 18.1. The number of hydrogen-bond donors (Lipinski definition) is 1. The van der Waals surface area contributed by atoms with Crippen molar-refractivity contribution >= 4 is 27.3 Å². The Morgan fingerprint density at radius 3 is 2.76 bits per heavy atom. The number of amides is 1. The molecule has 0 spiro atoms. The third-order valence-corrected chi connectivity index (χ3v) is 6.61. The number of aryl methyl sites for hydroxylation is 1. The fraction of sp³-hybridized carbons (Fsp3) is 0.435. The van der Waals surface area contributed by atoms with Crippen LogP contribution in [0.1, 0.15) is 59.7 Å². The van der Waals surface area contributed by atoms with Gasteiger partial charge in [-0.2, -0.15) is 0 Å². The zero-order valence-electron chi connectivity index (χ0n) is 17.3. The first-order valence-electron chi connectivity index (χ1n) is 10.4. The molecular weight excluding hydrogens is 380 g/mol. The van der Waals surface area contributed by atoms with E-state index in [9.17, 15) is 4.79 Å². The number of thiophene rings is 1. The number of aromatic nitrogens is 2. The van der Waals surface area contributed by atoms with Crippen molar-refractivity contribution in [1.82, 2.24) is 20.2 Å². The highest BCUT2D eigenvalue weighted by atomic mass is 32.1. The second-order valence-corrected chi connectivity index (χ2v) is 9.10. The van der Waals surface area contributed by atoms with Crippen molar-refractivity contribution in [3.05, 3.63) is 58.5 Å². The Kier molecular flexibility index (Phi) is 5.92. The Bertz CT molecular complexity index is 996. The lowest BCUT2D eigenvalue weighted by Gasteiger charge is -2.17. The molecule has 0 bridgehead atoms. The number of rotatable bonds is 6. The normalized spacial score (nSPS) is 17.3. The van der Waals surface area contributed by atoms with E-state index in [1.54, 1.807) is 11.3 Å². The van der Waals surface area contributed by atoms with Gasteiger partial charge in [0, 0.05) is 54.1 Å². The van der Waals surface area contributed by atoms with E-state index >= 15 is 0 Å². The summed E-state index contributed by atoms with van der Waals surface area (Å²) >= 11 is 1.62. The summed E-state index contributed by atoms with van der Waals surface area (Å²) in [6.45, 7) is 8.92.